The van der Waals surface area contributed by atoms with Gasteiger partial charge in [-0.15, -0.1) is 0 Å². The van der Waals surface area contributed by atoms with Crippen LogP contribution in [0.25, 0.3) is 10.9 Å². The fourth-order valence-electron chi connectivity index (χ4n) is 3.26. The lowest BCUT2D eigenvalue weighted by Gasteiger charge is -2.33. The van der Waals surface area contributed by atoms with Crippen molar-refractivity contribution in [2.45, 2.75) is 38.6 Å². The van der Waals surface area contributed by atoms with Gasteiger partial charge in [-0.25, -0.2) is 9.18 Å². The third-order valence-electron chi connectivity index (χ3n) is 4.54. The first kappa shape index (κ1) is 15.8. The third kappa shape index (κ3) is 2.90. The van der Waals surface area contributed by atoms with Crippen LogP contribution in [0.5, 0.6) is 0 Å². The van der Waals surface area contributed by atoms with Gasteiger partial charge in [0.1, 0.15) is 5.82 Å². The van der Waals surface area contributed by atoms with Gasteiger partial charge in [-0.05, 0) is 51.2 Å². The van der Waals surface area contributed by atoms with Crippen molar-refractivity contribution >= 4 is 17.0 Å². The van der Waals surface area contributed by atoms with Crippen LogP contribution in [-0.2, 0) is 7.05 Å². The first-order valence-corrected chi connectivity index (χ1v) is 7.81. The molecule has 124 valence electrons. The summed E-state index contributed by atoms with van der Waals surface area (Å²) in [6.07, 6.45) is 1.72. The molecular weight excluding hydrogens is 297 g/mol. The molecule has 1 fully saturated rings. The molecule has 2 aromatic rings. The molecule has 1 aliphatic carbocycles. The van der Waals surface area contributed by atoms with E-state index in [1.54, 1.807) is 10.7 Å². The van der Waals surface area contributed by atoms with Crippen molar-refractivity contribution in [3.8, 4) is 0 Å². The highest BCUT2D eigenvalue weighted by atomic mass is 19.1. The third-order valence-corrected chi connectivity index (χ3v) is 4.54. The Morgan fingerprint density at radius 1 is 1.48 bits per heavy atom. The molecule has 0 saturated heterocycles. The number of aryl methyl sites for hydroxylation is 1. The Hall–Kier alpha value is -2.11. The van der Waals surface area contributed by atoms with Gasteiger partial charge in [0.25, 0.3) is 0 Å². The minimum absolute atomic E-state index is 0.0621. The maximum Gasteiger partial charge on any atom is 0.407 e. The lowest BCUT2D eigenvalue weighted by Crippen LogP contribution is -2.46. The average Bonchev–Trinajstić information content (AvgIpc) is 3.06. The van der Waals surface area contributed by atoms with E-state index in [0.717, 1.165) is 17.3 Å². The largest absolute Gasteiger partial charge is 0.465 e. The van der Waals surface area contributed by atoms with Crippen molar-refractivity contribution in [2.24, 2.45) is 13.0 Å². The van der Waals surface area contributed by atoms with E-state index < -0.39 is 11.6 Å². The van der Waals surface area contributed by atoms with Gasteiger partial charge in [0.15, 0.2) is 0 Å². The van der Waals surface area contributed by atoms with Crippen molar-refractivity contribution < 1.29 is 14.3 Å². The molecule has 0 unspecified atom stereocenters. The molecule has 1 aromatic carbocycles. The highest BCUT2D eigenvalue weighted by Gasteiger charge is 2.44. The van der Waals surface area contributed by atoms with Crippen LogP contribution in [0.1, 0.15) is 38.7 Å². The lowest BCUT2D eigenvalue weighted by atomic mass is 10.0. The van der Waals surface area contributed by atoms with Crippen LogP contribution in [0, 0.1) is 11.7 Å². The Kier molecular flexibility index (Phi) is 3.58. The molecule has 1 aliphatic rings. The molecule has 0 radical (unpaired) electrons. The van der Waals surface area contributed by atoms with Crippen molar-refractivity contribution in [3.05, 3.63) is 29.7 Å². The molecule has 0 spiro atoms. The van der Waals surface area contributed by atoms with Crippen molar-refractivity contribution in [1.82, 2.24) is 14.7 Å². The fraction of sp³-hybridized carbons (Fsp3) is 0.529. The van der Waals surface area contributed by atoms with Crippen molar-refractivity contribution in [3.63, 3.8) is 0 Å². The van der Waals surface area contributed by atoms with Gasteiger partial charge in [0, 0.05) is 36.3 Å². The number of carbonyl (C=O) groups is 1. The molecule has 1 saturated carbocycles. The number of hydrogen-bond acceptors (Lipinski definition) is 2. The molecule has 1 heterocycles. The van der Waals surface area contributed by atoms with E-state index in [9.17, 15) is 14.3 Å². The summed E-state index contributed by atoms with van der Waals surface area (Å²) in [5.74, 6) is -0.00614. The topological polar surface area (TPSA) is 58.4 Å². The lowest BCUT2D eigenvalue weighted by molar-refractivity contribution is 0.0967. The van der Waals surface area contributed by atoms with E-state index >= 15 is 0 Å². The van der Waals surface area contributed by atoms with Crippen molar-refractivity contribution in [2.75, 3.05) is 6.54 Å². The molecular formula is C17H22FN3O2. The quantitative estimate of drug-likeness (QED) is 0.940. The number of amides is 1. The van der Waals surface area contributed by atoms with Gasteiger partial charge in [-0.1, -0.05) is 0 Å². The molecule has 1 aromatic heterocycles. The number of aromatic nitrogens is 2. The molecule has 6 heteroatoms. The maximum atomic E-state index is 14.4. The molecule has 1 N–H and O–H groups in total. The van der Waals surface area contributed by atoms with Gasteiger partial charge in [0.05, 0.1) is 5.52 Å². The minimum atomic E-state index is -0.928. The number of carboxylic acid groups (broad SMARTS) is 1. The zero-order chi connectivity index (χ0) is 16.9. The summed E-state index contributed by atoms with van der Waals surface area (Å²) in [5, 5.41) is 14.6. The Morgan fingerprint density at radius 3 is 2.78 bits per heavy atom. The van der Waals surface area contributed by atoms with E-state index in [4.69, 9.17) is 0 Å². The second kappa shape index (κ2) is 5.22. The average molecular weight is 319 g/mol. The van der Waals surface area contributed by atoms with Crippen LogP contribution >= 0.6 is 0 Å². The number of halogens is 1. The molecule has 23 heavy (non-hydrogen) atoms. The zero-order valence-corrected chi connectivity index (χ0v) is 13.9. The molecule has 2 atom stereocenters. The fourth-order valence-corrected chi connectivity index (χ4v) is 3.26. The second-order valence-electron chi connectivity index (χ2n) is 7.36. The van der Waals surface area contributed by atoms with Gasteiger partial charge in [-0.2, -0.15) is 5.10 Å². The summed E-state index contributed by atoms with van der Waals surface area (Å²) >= 11 is 0. The van der Waals surface area contributed by atoms with Crippen LogP contribution in [-0.4, -0.2) is 38.0 Å². The summed E-state index contributed by atoms with van der Waals surface area (Å²) in [7, 11) is 1.82. The Morgan fingerprint density at radius 2 is 2.17 bits per heavy atom. The number of benzene rings is 1. The first-order valence-electron chi connectivity index (χ1n) is 7.81. The Labute approximate surface area is 134 Å². The summed E-state index contributed by atoms with van der Waals surface area (Å²) in [6, 6.07) is 3.14. The predicted molar refractivity (Wildman–Crippen MR) is 86.0 cm³/mol. The normalized spacial score (nSPS) is 20.7. The monoisotopic (exact) mass is 319 g/mol. The summed E-state index contributed by atoms with van der Waals surface area (Å²) < 4.78 is 16.0. The standard InChI is InChI=1S/C17H22FN3O2/c1-17(2,3)21(16(22)23)8-10-7-11(10)15-12-9-20(4)19-14(12)6-5-13(15)18/h5-6,9-11H,7-8H2,1-4H3,(H,22,23)/t10-,11+/m1/s1. The minimum Gasteiger partial charge on any atom is -0.465 e. The number of fused-ring (bicyclic) bond motifs is 1. The van der Waals surface area contributed by atoms with E-state index in [1.165, 1.54) is 11.0 Å². The Bertz CT molecular complexity index is 763. The predicted octanol–water partition coefficient (Wildman–Crippen LogP) is 3.59. The van der Waals surface area contributed by atoms with E-state index in [0.29, 0.717) is 12.1 Å². The summed E-state index contributed by atoms with van der Waals surface area (Å²) in [6.45, 7) is 6.06. The number of nitrogens with zero attached hydrogens (tertiary/aromatic N) is 3. The molecule has 0 aliphatic heterocycles. The molecule has 5 nitrogen and oxygen atoms in total. The van der Waals surface area contributed by atoms with Crippen LogP contribution < -0.4 is 0 Å². The van der Waals surface area contributed by atoms with Crippen LogP contribution in [0.3, 0.4) is 0 Å². The molecule has 0 bridgehead atoms. The van der Waals surface area contributed by atoms with Crippen LogP contribution in [0.2, 0.25) is 0 Å². The summed E-state index contributed by atoms with van der Waals surface area (Å²) in [4.78, 5) is 12.9. The number of hydrogen-bond donors (Lipinski definition) is 1. The second-order valence-corrected chi connectivity index (χ2v) is 7.36. The first-order chi connectivity index (χ1) is 10.7. The van der Waals surface area contributed by atoms with E-state index in [2.05, 4.69) is 5.10 Å². The molecule has 3 rings (SSSR count). The Balaban J connectivity index is 1.86. The highest BCUT2D eigenvalue weighted by Crippen LogP contribution is 2.51. The number of rotatable bonds is 3. The SMILES string of the molecule is Cn1cc2c([C@H]3C[C@@H]3CN(C(=O)O)C(C)(C)C)c(F)ccc2n1. The van der Waals surface area contributed by atoms with Crippen LogP contribution in [0.15, 0.2) is 18.3 Å². The van der Waals surface area contributed by atoms with E-state index in [1.807, 2.05) is 34.0 Å². The van der Waals surface area contributed by atoms with E-state index in [-0.39, 0.29) is 17.7 Å². The summed E-state index contributed by atoms with van der Waals surface area (Å²) in [5.41, 5.74) is 0.998. The maximum absolute atomic E-state index is 14.4. The van der Waals surface area contributed by atoms with Gasteiger partial charge < -0.3 is 10.0 Å². The van der Waals surface area contributed by atoms with Gasteiger partial charge in [0.2, 0.25) is 0 Å². The molecule has 1 amide bonds. The van der Waals surface area contributed by atoms with Gasteiger partial charge in [-0.3, -0.25) is 4.68 Å². The zero-order valence-electron chi connectivity index (χ0n) is 13.9. The van der Waals surface area contributed by atoms with Crippen molar-refractivity contribution in [1.29, 1.82) is 0 Å². The van der Waals surface area contributed by atoms with Crippen LogP contribution in [0.4, 0.5) is 9.18 Å². The van der Waals surface area contributed by atoms with Gasteiger partial charge >= 0.3 is 6.09 Å². The highest BCUT2D eigenvalue weighted by molar-refractivity contribution is 5.83. The smallest absolute Gasteiger partial charge is 0.407 e.